The van der Waals surface area contributed by atoms with Gasteiger partial charge in [0.25, 0.3) is 0 Å². The Morgan fingerprint density at radius 3 is 2.82 bits per heavy atom. The molecule has 2 amide bonds. The maximum absolute atomic E-state index is 13.2. The fourth-order valence-corrected chi connectivity index (χ4v) is 5.00. The van der Waals surface area contributed by atoms with Crippen LogP contribution in [0, 0.1) is 5.92 Å². The Hall–Kier alpha value is -3.86. The number of hydrogen-bond acceptors (Lipinski definition) is 8. The molecule has 1 N–H and O–H groups in total. The Kier molecular flexibility index (Phi) is 8.16. The number of nitrogens with zero attached hydrogens (tertiary/aromatic N) is 6. The van der Waals surface area contributed by atoms with Crippen LogP contribution in [0.3, 0.4) is 0 Å². The van der Waals surface area contributed by atoms with Gasteiger partial charge in [-0.05, 0) is 12.0 Å². The minimum atomic E-state index is -0.305. The third-order valence-corrected chi connectivity index (χ3v) is 6.86. The molecule has 1 saturated heterocycles. The van der Waals surface area contributed by atoms with Crippen LogP contribution in [0.25, 0.3) is 5.95 Å². The van der Waals surface area contributed by atoms with Crippen molar-refractivity contribution in [1.82, 2.24) is 29.7 Å². The van der Waals surface area contributed by atoms with Gasteiger partial charge in [-0.2, -0.15) is 4.98 Å². The first-order valence-corrected chi connectivity index (χ1v) is 13.5. The van der Waals surface area contributed by atoms with Crippen molar-refractivity contribution >= 4 is 29.2 Å². The first kappa shape index (κ1) is 26.7. The highest BCUT2D eigenvalue weighted by atomic mass is 35.5. The lowest BCUT2D eigenvalue weighted by Gasteiger charge is -2.42. The standard InChI is InChI=1S/C27H32ClN7O4/c1-18(2)12-25(37)33-8-9-35(23-14-22(28)31-27(32-23)34-7-6-29-17-34)20(16-33)13-24(36)30-15-19-4-3-5-21-26(19)39-11-10-38-21/h3-7,14,17-18,20H,8-13,15-16H2,1-2H3,(H,30,36). The zero-order chi connectivity index (χ0) is 27.4. The highest BCUT2D eigenvalue weighted by Gasteiger charge is 2.32. The van der Waals surface area contributed by atoms with Gasteiger partial charge in [0.15, 0.2) is 11.5 Å². The summed E-state index contributed by atoms with van der Waals surface area (Å²) >= 11 is 6.37. The van der Waals surface area contributed by atoms with E-state index in [1.165, 1.54) is 0 Å². The van der Waals surface area contributed by atoms with Crippen molar-refractivity contribution in [3.8, 4) is 17.4 Å². The number of carbonyl (C=O) groups excluding carboxylic acids is 2. The Labute approximate surface area is 232 Å². The molecule has 1 aromatic carbocycles. The second-order valence-electron chi connectivity index (χ2n) is 10.0. The van der Waals surface area contributed by atoms with Gasteiger partial charge in [-0.25, -0.2) is 9.97 Å². The maximum Gasteiger partial charge on any atom is 0.238 e. The number of ether oxygens (including phenoxy) is 2. The molecule has 39 heavy (non-hydrogen) atoms. The van der Waals surface area contributed by atoms with Gasteiger partial charge in [0, 0.05) is 63.0 Å². The van der Waals surface area contributed by atoms with Crippen molar-refractivity contribution in [3.63, 3.8) is 0 Å². The van der Waals surface area contributed by atoms with Crippen LogP contribution >= 0.6 is 11.6 Å². The van der Waals surface area contributed by atoms with Gasteiger partial charge in [0.05, 0.1) is 6.04 Å². The van der Waals surface area contributed by atoms with E-state index in [0.29, 0.717) is 69.1 Å². The van der Waals surface area contributed by atoms with Gasteiger partial charge in [-0.3, -0.25) is 14.2 Å². The quantitative estimate of drug-likeness (QED) is 0.424. The number of carbonyl (C=O) groups is 2. The number of piperazine rings is 1. The SMILES string of the molecule is CC(C)CC(=O)N1CCN(c2cc(Cl)nc(-n3ccnc3)n2)C(CC(=O)NCc2cccc3c2OCCO3)C1. The normalized spacial score (nSPS) is 16.9. The molecule has 2 aliphatic rings. The van der Waals surface area contributed by atoms with Gasteiger partial charge in [-0.15, -0.1) is 0 Å². The summed E-state index contributed by atoms with van der Waals surface area (Å²) in [7, 11) is 0. The first-order chi connectivity index (χ1) is 18.9. The monoisotopic (exact) mass is 553 g/mol. The molecule has 3 aromatic rings. The van der Waals surface area contributed by atoms with E-state index in [4.69, 9.17) is 26.1 Å². The number of rotatable bonds is 8. The average Bonchev–Trinajstić information content (AvgIpc) is 3.46. The summed E-state index contributed by atoms with van der Waals surface area (Å²) < 4.78 is 13.1. The van der Waals surface area contributed by atoms with Gasteiger partial charge in [0.2, 0.25) is 17.8 Å². The number of fused-ring (bicyclic) bond motifs is 1. The Morgan fingerprint density at radius 1 is 1.18 bits per heavy atom. The Morgan fingerprint density at radius 2 is 2.03 bits per heavy atom. The second-order valence-corrected chi connectivity index (χ2v) is 10.4. The van der Waals surface area contributed by atoms with E-state index in [0.717, 1.165) is 5.56 Å². The molecule has 11 nitrogen and oxygen atoms in total. The zero-order valence-corrected chi connectivity index (χ0v) is 22.8. The fourth-order valence-electron chi connectivity index (χ4n) is 4.82. The number of amides is 2. The number of anilines is 1. The lowest BCUT2D eigenvalue weighted by Crippen LogP contribution is -2.56. The predicted octanol–water partition coefficient (Wildman–Crippen LogP) is 2.86. The van der Waals surface area contributed by atoms with Gasteiger partial charge < -0.3 is 24.6 Å². The molecule has 0 bridgehead atoms. The summed E-state index contributed by atoms with van der Waals surface area (Å²) in [6, 6.07) is 7.03. The molecule has 12 heteroatoms. The minimum absolute atomic E-state index is 0.0861. The summed E-state index contributed by atoms with van der Waals surface area (Å²) in [6.45, 7) is 6.76. The van der Waals surface area contributed by atoms with E-state index in [9.17, 15) is 9.59 Å². The van der Waals surface area contributed by atoms with E-state index < -0.39 is 0 Å². The number of nitrogens with one attached hydrogen (secondary N) is 1. The van der Waals surface area contributed by atoms with Crippen LogP contribution in [-0.4, -0.2) is 75.1 Å². The van der Waals surface area contributed by atoms with Crippen molar-refractivity contribution in [2.24, 2.45) is 5.92 Å². The van der Waals surface area contributed by atoms with Gasteiger partial charge >= 0.3 is 0 Å². The molecule has 0 radical (unpaired) electrons. The summed E-state index contributed by atoms with van der Waals surface area (Å²) in [5.41, 5.74) is 0.849. The van der Waals surface area contributed by atoms with Crippen LogP contribution in [0.5, 0.6) is 11.5 Å². The summed E-state index contributed by atoms with van der Waals surface area (Å²) in [5, 5.41) is 3.29. The average molecular weight is 554 g/mol. The second kappa shape index (κ2) is 11.9. The Balaban J connectivity index is 1.34. The number of hydrogen-bond donors (Lipinski definition) is 1. The molecule has 0 saturated carbocycles. The molecule has 5 rings (SSSR count). The van der Waals surface area contributed by atoms with Crippen LogP contribution in [0.15, 0.2) is 43.0 Å². The summed E-state index contributed by atoms with van der Waals surface area (Å²) in [4.78, 5) is 43.1. The third-order valence-electron chi connectivity index (χ3n) is 6.66. The lowest BCUT2D eigenvalue weighted by molar-refractivity contribution is -0.133. The molecule has 206 valence electrons. The van der Waals surface area contributed by atoms with Crippen LogP contribution in [-0.2, 0) is 16.1 Å². The van der Waals surface area contributed by atoms with E-state index >= 15 is 0 Å². The van der Waals surface area contributed by atoms with Gasteiger partial charge in [0.1, 0.15) is 30.5 Å². The smallest absolute Gasteiger partial charge is 0.238 e. The van der Waals surface area contributed by atoms with Crippen LogP contribution < -0.4 is 19.7 Å². The highest BCUT2D eigenvalue weighted by molar-refractivity contribution is 6.29. The lowest BCUT2D eigenvalue weighted by atomic mass is 10.0. The first-order valence-electron chi connectivity index (χ1n) is 13.1. The highest BCUT2D eigenvalue weighted by Crippen LogP contribution is 2.33. The predicted molar refractivity (Wildman–Crippen MR) is 145 cm³/mol. The molecule has 1 atom stereocenters. The molecule has 2 aliphatic heterocycles. The number of para-hydroxylation sites is 1. The molecule has 2 aromatic heterocycles. The van der Waals surface area contributed by atoms with E-state index in [2.05, 4.69) is 15.3 Å². The number of benzene rings is 1. The molecular weight excluding hydrogens is 522 g/mol. The topological polar surface area (TPSA) is 115 Å². The largest absolute Gasteiger partial charge is 0.486 e. The number of imidazole rings is 1. The van der Waals surface area contributed by atoms with Crippen molar-refractivity contribution in [2.45, 2.75) is 39.3 Å². The molecule has 0 spiro atoms. The molecule has 0 aliphatic carbocycles. The van der Waals surface area contributed by atoms with Crippen molar-refractivity contribution in [2.75, 3.05) is 37.7 Å². The van der Waals surface area contributed by atoms with E-state index in [1.54, 1.807) is 29.4 Å². The van der Waals surface area contributed by atoms with Crippen molar-refractivity contribution < 1.29 is 19.1 Å². The Bertz CT molecular complexity index is 1320. The maximum atomic E-state index is 13.2. The molecular formula is C27H32ClN7O4. The van der Waals surface area contributed by atoms with Gasteiger partial charge in [-0.1, -0.05) is 37.6 Å². The molecule has 1 unspecified atom stereocenters. The van der Waals surface area contributed by atoms with E-state index in [1.807, 2.05) is 41.8 Å². The number of aromatic nitrogens is 4. The summed E-state index contributed by atoms with van der Waals surface area (Å²) in [5.74, 6) is 2.51. The molecule has 4 heterocycles. The zero-order valence-electron chi connectivity index (χ0n) is 22.0. The third kappa shape index (κ3) is 6.42. The van der Waals surface area contributed by atoms with Crippen molar-refractivity contribution in [1.29, 1.82) is 0 Å². The van der Waals surface area contributed by atoms with E-state index in [-0.39, 0.29) is 35.3 Å². The fraction of sp³-hybridized carbons (Fsp3) is 0.444. The summed E-state index contributed by atoms with van der Waals surface area (Å²) in [6.07, 6.45) is 5.60. The van der Waals surface area contributed by atoms with Crippen LogP contribution in [0.1, 0.15) is 32.3 Å². The molecule has 1 fully saturated rings. The van der Waals surface area contributed by atoms with Crippen LogP contribution in [0.2, 0.25) is 5.15 Å². The van der Waals surface area contributed by atoms with Crippen LogP contribution in [0.4, 0.5) is 5.82 Å². The minimum Gasteiger partial charge on any atom is -0.486 e. The number of halogens is 1. The van der Waals surface area contributed by atoms with Crippen molar-refractivity contribution in [3.05, 3.63) is 53.7 Å².